The van der Waals surface area contributed by atoms with Gasteiger partial charge in [-0.15, -0.1) is 0 Å². The third kappa shape index (κ3) is 6.59. The predicted octanol–water partition coefficient (Wildman–Crippen LogP) is 6.79. The molecule has 1 aliphatic carbocycles. The van der Waals surface area contributed by atoms with Crippen molar-refractivity contribution in [3.8, 4) is 0 Å². The minimum absolute atomic E-state index is 0.00428. The van der Waals surface area contributed by atoms with Crippen LogP contribution in [-0.2, 0) is 9.36 Å². The van der Waals surface area contributed by atoms with Crippen molar-refractivity contribution in [1.29, 1.82) is 0 Å². The van der Waals surface area contributed by atoms with Crippen LogP contribution in [0.1, 0.15) is 90.2 Å². The van der Waals surface area contributed by atoms with Crippen molar-refractivity contribution in [2.45, 2.75) is 92.1 Å². The second-order valence-electron chi connectivity index (χ2n) is 10.2. The van der Waals surface area contributed by atoms with Gasteiger partial charge >= 0.3 is 5.97 Å². The van der Waals surface area contributed by atoms with Crippen LogP contribution in [0, 0.1) is 23.6 Å². The van der Waals surface area contributed by atoms with E-state index in [1.807, 2.05) is 12.1 Å². The van der Waals surface area contributed by atoms with Crippen molar-refractivity contribution >= 4 is 18.9 Å². The topological polar surface area (TPSA) is 94.8 Å². The summed E-state index contributed by atoms with van der Waals surface area (Å²) in [6.45, 7) is 10.6. The number of aryl methyl sites for hydroxylation is 1. The first-order valence-corrected chi connectivity index (χ1v) is 14.6. The molecule has 1 aromatic carbocycles. The van der Waals surface area contributed by atoms with Gasteiger partial charge in [-0.3, -0.25) is 9.36 Å². The van der Waals surface area contributed by atoms with Gasteiger partial charge in [0.2, 0.25) is 7.37 Å². The van der Waals surface area contributed by atoms with Gasteiger partial charge in [-0.25, -0.2) is 4.39 Å². The van der Waals surface area contributed by atoms with Gasteiger partial charge in [0.05, 0.1) is 18.7 Å². The number of aliphatic hydroxyl groups is 1. The molecular formula is C27H42FO5P. The van der Waals surface area contributed by atoms with Gasteiger partial charge < -0.3 is 15.1 Å². The molecule has 192 valence electrons. The zero-order valence-corrected chi connectivity index (χ0v) is 22.3. The zero-order valence-electron chi connectivity index (χ0n) is 21.4. The number of aliphatic hydroxyl groups excluding tert-OH is 1. The highest BCUT2D eigenvalue weighted by Crippen LogP contribution is 2.60. The van der Waals surface area contributed by atoms with Crippen molar-refractivity contribution in [1.82, 2.24) is 0 Å². The Labute approximate surface area is 203 Å². The number of hydrogen-bond acceptors (Lipinski definition) is 3. The number of benzene rings is 1. The van der Waals surface area contributed by atoms with Gasteiger partial charge in [0.25, 0.3) is 0 Å². The molecule has 5 nitrogen and oxygen atoms in total. The fourth-order valence-corrected chi connectivity index (χ4v) is 7.41. The summed E-state index contributed by atoms with van der Waals surface area (Å²) in [4.78, 5) is 21.5. The minimum atomic E-state index is -3.74. The number of carboxylic acids is 1. The Morgan fingerprint density at radius 2 is 1.76 bits per heavy atom. The monoisotopic (exact) mass is 496 g/mol. The molecule has 2 rings (SSSR count). The molecule has 0 amide bonds. The van der Waals surface area contributed by atoms with Gasteiger partial charge in [0.1, 0.15) is 5.82 Å². The van der Waals surface area contributed by atoms with Crippen LogP contribution >= 0.6 is 7.37 Å². The molecule has 0 aromatic heterocycles. The van der Waals surface area contributed by atoms with E-state index in [0.29, 0.717) is 12.0 Å². The largest absolute Gasteiger partial charge is 0.481 e. The Bertz CT molecular complexity index is 946. The summed E-state index contributed by atoms with van der Waals surface area (Å²) in [5.74, 6) is -1.44. The number of carbonyl (C=O) groups is 1. The van der Waals surface area contributed by atoms with Crippen LogP contribution in [0.4, 0.5) is 4.39 Å². The van der Waals surface area contributed by atoms with Gasteiger partial charge in [0.15, 0.2) is 0 Å². The molecule has 0 heterocycles. The molecule has 0 saturated carbocycles. The first kappa shape index (κ1) is 28.7. The average Bonchev–Trinajstić information content (AvgIpc) is 2.78. The Morgan fingerprint density at radius 3 is 2.26 bits per heavy atom. The Hall–Kier alpha value is -1.49. The summed E-state index contributed by atoms with van der Waals surface area (Å²) >= 11 is 0. The second-order valence-corrected chi connectivity index (χ2v) is 12.7. The average molecular weight is 497 g/mol. The quantitative estimate of drug-likeness (QED) is 0.277. The maximum atomic E-state index is 14.1. The highest BCUT2D eigenvalue weighted by atomic mass is 31.2. The Kier molecular flexibility index (Phi) is 9.72. The molecule has 1 aromatic rings. The van der Waals surface area contributed by atoms with Crippen molar-refractivity contribution in [3.05, 3.63) is 40.7 Å². The maximum absolute atomic E-state index is 14.1. The predicted molar refractivity (Wildman–Crippen MR) is 136 cm³/mol. The fraction of sp³-hybridized carbons (Fsp3) is 0.667. The lowest BCUT2D eigenvalue weighted by Crippen LogP contribution is -2.37. The van der Waals surface area contributed by atoms with Crippen LogP contribution in [-0.4, -0.2) is 39.5 Å². The molecule has 1 aliphatic rings. The van der Waals surface area contributed by atoms with Gasteiger partial charge in [-0.05, 0) is 78.7 Å². The van der Waals surface area contributed by atoms with E-state index in [1.54, 1.807) is 6.92 Å². The van der Waals surface area contributed by atoms with Crippen LogP contribution in [0.2, 0.25) is 0 Å². The molecule has 0 spiro atoms. The van der Waals surface area contributed by atoms with E-state index in [4.69, 9.17) is 5.11 Å². The van der Waals surface area contributed by atoms with E-state index in [-0.39, 0.29) is 22.8 Å². The third-order valence-corrected chi connectivity index (χ3v) is 10.2. The molecule has 2 atom stereocenters. The van der Waals surface area contributed by atoms with Crippen LogP contribution < -0.4 is 0 Å². The Morgan fingerprint density at radius 1 is 1.15 bits per heavy atom. The number of aliphatic carboxylic acids is 1. The van der Waals surface area contributed by atoms with Crippen molar-refractivity contribution < 1.29 is 28.9 Å². The number of allylic oxidation sites excluding steroid dienone is 2. The van der Waals surface area contributed by atoms with Crippen LogP contribution in [0.15, 0.2) is 23.8 Å². The smallest absolute Gasteiger partial charge is 0.305 e. The Balaban J connectivity index is 2.56. The van der Waals surface area contributed by atoms with E-state index in [0.717, 1.165) is 49.7 Å². The first-order chi connectivity index (χ1) is 15.9. The lowest BCUT2D eigenvalue weighted by molar-refractivity contribution is -0.138. The molecule has 0 bridgehead atoms. The van der Waals surface area contributed by atoms with E-state index >= 15 is 0 Å². The number of carboxylic acid groups (broad SMARTS) is 1. The van der Waals surface area contributed by atoms with Gasteiger partial charge in [0, 0.05) is 6.16 Å². The van der Waals surface area contributed by atoms with Crippen molar-refractivity contribution in [2.24, 2.45) is 10.8 Å². The lowest BCUT2D eigenvalue weighted by atomic mass is 9.55. The molecule has 0 saturated heterocycles. The lowest BCUT2D eigenvalue weighted by Gasteiger charge is -2.50. The summed E-state index contributed by atoms with van der Waals surface area (Å²) < 4.78 is 27.0. The second kappa shape index (κ2) is 11.5. The molecule has 1 unspecified atom stereocenters. The zero-order chi connectivity index (χ0) is 25.7. The van der Waals surface area contributed by atoms with Crippen LogP contribution in [0.3, 0.4) is 0 Å². The van der Waals surface area contributed by atoms with Gasteiger partial charge in [-0.1, -0.05) is 52.2 Å². The van der Waals surface area contributed by atoms with E-state index in [1.165, 1.54) is 11.6 Å². The molecule has 0 radical (unpaired) electrons. The normalized spacial score (nSPS) is 20.1. The van der Waals surface area contributed by atoms with Crippen LogP contribution in [0.5, 0.6) is 0 Å². The minimum Gasteiger partial charge on any atom is -0.481 e. The molecule has 0 fully saturated rings. The summed E-state index contributed by atoms with van der Waals surface area (Å²) in [6.07, 6.45) is 3.82. The molecule has 0 aliphatic heterocycles. The highest BCUT2D eigenvalue weighted by molar-refractivity contribution is 7.58. The van der Waals surface area contributed by atoms with E-state index < -0.39 is 32.0 Å². The SMILES string of the molecule is CCC1(CC)CC(c2ccc(F)c(C)c2)=C(CCP(=O)(O)C[C@@H](O)CC(=O)O)C(CC)(CC)C1. The first-order valence-electron chi connectivity index (χ1n) is 12.6. The summed E-state index contributed by atoms with van der Waals surface area (Å²) in [7, 11) is -3.74. The van der Waals surface area contributed by atoms with E-state index in [2.05, 4.69) is 27.7 Å². The molecule has 34 heavy (non-hydrogen) atoms. The number of hydrogen-bond donors (Lipinski definition) is 3. The van der Waals surface area contributed by atoms with Crippen LogP contribution in [0.25, 0.3) is 5.57 Å². The molecule has 3 N–H and O–H groups in total. The maximum Gasteiger partial charge on any atom is 0.305 e. The number of halogens is 1. The third-order valence-electron chi connectivity index (χ3n) is 8.25. The highest BCUT2D eigenvalue weighted by Gasteiger charge is 2.46. The fourth-order valence-electron chi connectivity index (χ4n) is 5.86. The van der Waals surface area contributed by atoms with Crippen molar-refractivity contribution in [3.63, 3.8) is 0 Å². The molecule has 7 heteroatoms. The summed E-state index contributed by atoms with van der Waals surface area (Å²) in [5.41, 5.74) is 3.88. The standard InChI is InChI=1S/C27H42FO5P/c1-6-26(7-2)16-22(20-10-11-24(28)19(5)14-20)23(27(8-3,9-4)18-26)12-13-34(32,33)17-21(29)15-25(30)31/h10-11,14,21,29H,6-9,12-13,15-18H2,1-5H3,(H,30,31)(H,32,33)/t21-/m0/s1. The van der Waals surface area contributed by atoms with E-state index in [9.17, 15) is 23.7 Å². The summed E-state index contributed by atoms with van der Waals surface area (Å²) in [6, 6.07) is 5.21. The van der Waals surface area contributed by atoms with Crippen molar-refractivity contribution in [2.75, 3.05) is 12.3 Å². The molecular weight excluding hydrogens is 454 g/mol. The van der Waals surface area contributed by atoms with Gasteiger partial charge in [-0.2, -0.15) is 0 Å². The summed E-state index contributed by atoms with van der Waals surface area (Å²) in [5, 5.41) is 18.8. The number of rotatable bonds is 12.